The number of carbonyl (C=O) groups excluding carboxylic acids is 15. The number of carbonyl (C=O) groups is 15. The predicted molar refractivity (Wildman–Crippen MR) is 216 cm³/mol. The molecule has 67 heavy (non-hydrogen) atoms. The first-order chi connectivity index (χ1) is 30.9. The van der Waals surface area contributed by atoms with Crippen LogP contribution < -0.4 is 15.3 Å². The summed E-state index contributed by atoms with van der Waals surface area (Å²) in [6.07, 6.45) is -6.59. The first-order valence-corrected chi connectivity index (χ1v) is 20.6. The van der Waals surface area contributed by atoms with Crippen LogP contribution in [-0.2, 0) is 100 Å². The first-order valence-electron chi connectivity index (χ1n) is 20.6. The fraction of sp³-hybridized carbons (Fsp3) is 0.643. The summed E-state index contributed by atoms with van der Waals surface area (Å²) in [7, 11) is 0. The summed E-state index contributed by atoms with van der Waals surface area (Å²) < 4.78 is 27.4. The van der Waals surface area contributed by atoms with Crippen molar-refractivity contribution in [1.29, 1.82) is 0 Å². The van der Waals surface area contributed by atoms with Crippen molar-refractivity contribution in [2.75, 3.05) is 39.6 Å². The van der Waals surface area contributed by atoms with E-state index in [-0.39, 0.29) is 57.0 Å². The summed E-state index contributed by atoms with van der Waals surface area (Å²) in [6.45, 7) is 10.1. The van der Waals surface area contributed by atoms with Gasteiger partial charge in [0.25, 0.3) is 0 Å². The normalized spacial score (nSPS) is 9.99. The van der Waals surface area contributed by atoms with E-state index in [0.717, 1.165) is 0 Å². The van der Waals surface area contributed by atoms with E-state index in [9.17, 15) is 87.2 Å². The summed E-state index contributed by atoms with van der Waals surface area (Å²) in [5.41, 5.74) is 0. The number of Topliss-reactive ketones (excluding diaryl/α,β-unsaturated/α-hetero) is 6. The van der Waals surface area contributed by atoms with Gasteiger partial charge in [-0.15, -0.1) is 0 Å². The van der Waals surface area contributed by atoms with Crippen molar-refractivity contribution in [1.82, 2.24) is 0 Å². The zero-order valence-electron chi connectivity index (χ0n) is 38.3. The monoisotopic (exact) mass is 972 g/mol. The maximum Gasteiger partial charge on any atom is 3.00 e. The molecule has 0 aliphatic carbocycles. The van der Waals surface area contributed by atoms with E-state index in [1.165, 1.54) is 0 Å². The molecule has 0 unspecified atom stereocenters. The zero-order valence-corrected chi connectivity index (χ0v) is 39.5. The minimum atomic E-state index is -1.59. The number of hydrogen-bond donors (Lipinski definition) is 0. The van der Waals surface area contributed by atoms with Gasteiger partial charge in [0.05, 0.1) is 39.6 Å². The van der Waals surface area contributed by atoms with E-state index in [4.69, 9.17) is 0 Å². The number of esters is 6. The number of carboxylic acid groups (broad SMARTS) is 3. The molecule has 0 amide bonds. The third-order valence-electron chi connectivity index (χ3n) is 7.73. The largest absolute Gasteiger partial charge is 3.00 e. The second-order valence-corrected chi connectivity index (χ2v) is 13.4. The van der Waals surface area contributed by atoms with E-state index >= 15 is 0 Å². The van der Waals surface area contributed by atoms with Crippen LogP contribution >= 0.6 is 0 Å². The molecule has 0 heterocycles. The number of ether oxygens (including phenoxy) is 6. The van der Waals surface area contributed by atoms with E-state index in [1.807, 2.05) is 0 Å². The zero-order chi connectivity index (χ0) is 51.4. The maximum atomic E-state index is 11.6. The molecule has 24 nitrogen and oxygen atoms in total. The molecular formula is C42H57AlO24. The Morgan fingerprint density at radius 3 is 0.493 bits per heavy atom. The fourth-order valence-electron chi connectivity index (χ4n) is 5.04. The van der Waals surface area contributed by atoms with Crippen LogP contribution in [0.3, 0.4) is 0 Å². The van der Waals surface area contributed by atoms with Crippen LogP contribution in [0.4, 0.5) is 0 Å². The van der Waals surface area contributed by atoms with Crippen molar-refractivity contribution in [3.63, 3.8) is 0 Å². The third kappa shape index (κ3) is 38.7. The third-order valence-corrected chi connectivity index (χ3v) is 7.73. The van der Waals surface area contributed by atoms with E-state index in [0.29, 0.717) is 0 Å². The number of rotatable bonds is 33. The standard InChI is InChI=1S/3C14H20O8.Al/c3*1-3-21-12(17)7-10(15)5-9(14(19)20)6-11(16)8-13(18)22-4-2;/h3*9H,3-8H2,1-2H3,(H,19,20);/q;;;+3/p-3. The molecule has 0 N–H and O–H groups in total. The summed E-state index contributed by atoms with van der Waals surface area (Å²) in [4.78, 5) is 169. The Bertz CT molecular complexity index is 1420. The van der Waals surface area contributed by atoms with Crippen molar-refractivity contribution < 1.29 is 116 Å². The summed E-state index contributed by atoms with van der Waals surface area (Å²) in [6, 6.07) is 0. The Labute approximate surface area is 396 Å². The summed E-state index contributed by atoms with van der Waals surface area (Å²) >= 11 is 0. The molecule has 0 aromatic rings. The Kier molecular flexibility index (Phi) is 40.3. The van der Waals surface area contributed by atoms with E-state index in [1.54, 1.807) is 41.5 Å². The average molecular weight is 973 g/mol. The summed E-state index contributed by atoms with van der Waals surface area (Å²) in [5.74, 6) is -17.5. The number of ketones is 6. The van der Waals surface area contributed by atoms with Gasteiger partial charge in [0.15, 0.2) is 0 Å². The molecule has 372 valence electrons. The summed E-state index contributed by atoms with van der Waals surface area (Å²) in [5, 5.41) is 32.8. The van der Waals surface area contributed by atoms with Crippen molar-refractivity contribution in [3.05, 3.63) is 0 Å². The first kappa shape index (κ1) is 67.4. The molecule has 0 aliphatic heterocycles. The van der Waals surface area contributed by atoms with Crippen molar-refractivity contribution in [2.24, 2.45) is 17.8 Å². The van der Waals surface area contributed by atoms with Gasteiger partial charge < -0.3 is 58.1 Å². The van der Waals surface area contributed by atoms with Gasteiger partial charge in [0.1, 0.15) is 73.2 Å². The van der Waals surface area contributed by atoms with Crippen molar-refractivity contribution >= 4 is 106 Å². The Morgan fingerprint density at radius 1 is 0.284 bits per heavy atom. The Hall–Kier alpha value is -6.22. The van der Waals surface area contributed by atoms with Crippen molar-refractivity contribution in [2.45, 2.75) is 119 Å². The Balaban J connectivity index is -0.000000441. The molecule has 0 atom stereocenters. The fourth-order valence-corrected chi connectivity index (χ4v) is 5.04. The topological polar surface area (TPSA) is 381 Å². The van der Waals surface area contributed by atoms with E-state index in [2.05, 4.69) is 28.4 Å². The van der Waals surface area contributed by atoms with Gasteiger partial charge in [-0.25, -0.2) is 0 Å². The second kappa shape index (κ2) is 40.1. The van der Waals surface area contributed by atoms with Gasteiger partial charge in [-0.1, -0.05) is 0 Å². The Morgan fingerprint density at radius 2 is 0.403 bits per heavy atom. The van der Waals surface area contributed by atoms with Crippen LogP contribution in [0.25, 0.3) is 0 Å². The molecule has 0 saturated heterocycles. The molecule has 25 heteroatoms. The molecule has 0 rings (SSSR count). The number of aliphatic carboxylic acids is 3. The van der Waals surface area contributed by atoms with Gasteiger partial charge in [0, 0.05) is 74.2 Å². The van der Waals surface area contributed by atoms with Gasteiger partial charge in [-0.2, -0.15) is 0 Å². The molecule has 0 aliphatic rings. The molecule has 0 aromatic heterocycles. The van der Waals surface area contributed by atoms with E-state index < -0.39 is 183 Å². The number of carboxylic acids is 3. The number of hydrogen-bond acceptors (Lipinski definition) is 24. The molecule has 0 fully saturated rings. The average Bonchev–Trinajstić information content (AvgIpc) is 3.17. The molecule has 0 bridgehead atoms. The van der Waals surface area contributed by atoms with Crippen LogP contribution in [0.1, 0.15) is 119 Å². The predicted octanol–water partition coefficient (Wildman–Crippen LogP) is -2.85. The molecular weight excluding hydrogens is 915 g/mol. The van der Waals surface area contributed by atoms with Gasteiger partial charge in [0.2, 0.25) is 0 Å². The molecule has 0 aromatic carbocycles. The van der Waals surface area contributed by atoms with Gasteiger partial charge >= 0.3 is 53.2 Å². The molecule has 0 radical (unpaired) electrons. The minimum absolute atomic E-state index is 0. The van der Waals surface area contributed by atoms with Gasteiger partial charge in [-0.05, 0) is 41.5 Å². The van der Waals surface area contributed by atoms with Crippen LogP contribution in [0.2, 0.25) is 0 Å². The molecule has 0 saturated carbocycles. The van der Waals surface area contributed by atoms with Crippen LogP contribution in [0, 0.1) is 17.8 Å². The minimum Gasteiger partial charge on any atom is -0.550 e. The van der Waals surface area contributed by atoms with Gasteiger partial charge in [-0.3, -0.25) is 57.5 Å². The maximum absolute atomic E-state index is 11.6. The second-order valence-electron chi connectivity index (χ2n) is 13.4. The smallest absolute Gasteiger partial charge is 0.550 e. The SMILES string of the molecule is CCOC(=O)CC(=O)CC(CC(=O)CC(=O)OCC)C(=O)[O-].CCOC(=O)CC(=O)CC(CC(=O)CC(=O)OCC)C(=O)[O-].CCOC(=O)CC(=O)CC(CC(=O)CC(=O)OCC)C(=O)[O-].[Al+3]. The van der Waals surface area contributed by atoms with Crippen LogP contribution in [0.15, 0.2) is 0 Å². The van der Waals surface area contributed by atoms with Crippen LogP contribution in [0.5, 0.6) is 0 Å². The van der Waals surface area contributed by atoms with Crippen LogP contribution in [-0.4, -0.2) is 145 Å². The molecule has 0 spiro atoms. The quantitative estimate of drug-likeness (QED) is 0.0276. The van der Waals surface area contributed by atoms with Crippen molar-refractivity contribution in [3.8, 4) is 0 Å².